The van der Waals surface area contributed by atoms with Crippen molar-refractivity contribution in [2.24, 2.45) is 0 Å². The maximum atomic E-state index is 13.2. The average molecular weight is 438 g/mol. The van der Waals surface area contributed by atoms with Crippen molar-refractivity contribution < 1.29 is 4.79 Å². The van der Waals surface area contributed by atoms with Gasteiger partial charge in [-0.25, -0.2) is 4.98 Å². The molecule has 0 bridgehead atoms. The predicted molar refractivity (Wildman–Crippen MR) is 121 cm³/mol. The molecule has 0 atom stereocenters. The van der Waals surface area contributed by atoms with Gasteiger partial charge in [-0.15, -0.1) is 0 Å². The first-order valence-corrected chi connectivity index (χ1v) is 9.99. The fraction of sp³-hybridized carbons (Fsp3) is 0.0870. The number of amides is 1. The van der Waals surface area contributed by atoms with Crippen LogP contribution in [0.1, 0.15) is 21.5 Å². The number of halogens is 2. The van der Waals surface area contributed by atoms with Gasteiger partial charge in [0.05, 0.1) is 6.54 Å². The van der Waals surface area contributed by atoms with Crippen LogP contribution in [0.4, 0.5) is 5.69 Å². The Kier molecular flexibility index (Phi) is 5.57. The third-order valence-corrected chi connectivity index (χ3v) is 5.52. The largest absolute Gasteiger partial charge is 0.322 e. The molecule has 2 aromatic heterocycles. The summed E-state index contributed by atoms with van der Waals surface area (Å²) < 4.78 is 1.50. The molecule has 0 radical (unpaired) electrons. The van der Waals surface area contributed by atoms with Gasteiger partial charge in [0, 0.05) is 27.3 Å². The Hall–Kier alpha value is -3.15. The van der Waals surface area contributed by atoms with Crippen molar-refractivity contribution in [1.82, 2.24) is 9.55 Å². The van der Waals surface area contributed by atoms with Crippen LogP contribution in [0, 0.1) is 6.92 Å². The number of pyridine rings is 2. The van der Waals surface area contributed by atoms with E-state index in [0.717, 1.165) is 11.1 Å². The molecule has 0 aliphatic carbocycles. The number of hydrogen-bond donors (Lipinski definition) is 1. The third-order valence-electron chi connectivity index (χ3n) is 4.86. The molecule has 2 heterocycles. The van der Waals surface area contributed by atoms with E-state index in [0.29, 0.717) is 26.8 Å². The van der Waals surface area contributed by atoms with Crippen molar-refractivity contribution in [3.05, 3.63) is 104 Å². The lowest BCUT2D eigenvalue weighted by Gasteiger charge is -2.13. The van der Waals surface area contributed by atoms with Gasteiger partial charge >= 0.3 is 0 Å². The molecule has 1 N–H and O–H groups in total. The number of hydrogen-bond acceptors (Lipinski definition) is 3. The van der Waals surface area contributed by atoms with Gasteiger partial charge in [0.1, 0.15) is 11.2 Å². The zero-order valence-corrected chi connectivity index (χ0v) is 17.5. The molecule has 0 fully saturated rings. The number of nitrogens with one attached hydrogen (secondary N) is 1. The highest BCUT2D eigenvalue weighted by Crippen LogP contribution is 2.23. The number of anilines is 1. The molecule has 7 heteroatoms. The van der Waals surface area contributed by atoms with E-state index in [1.165, 1.54) is 4.57 Å². The molecule has 1 amide bonds. The Morgan fingerprint density at radius 3 is 2.60 bits per heavy atom. The quantitative estimate of drug-likeness (QED) is 0.470. The maximum absolute atomic E-state index is 13.2. The monoisotopic (exact) mass is 437 g/mol. The normalized spacial score (nSPS) is 10.9. The van der Waals surface area contributed by atoms with Gasteiger partial charge < -0.3 is 5.32 Å². The predicted octanol–water partition coefficient (Wildman–Crippen LogP) is 5.31. The smallest absolute Gasteiger partial charge is 0.265 e. The first kappa shape index (κ1) is 20.1. The Balaban J connectivity index is 1.79. The molecule has 0 unspecified atom stereocenters. The van der Waals surface area contributed by atoms with Gasteiger partial charge in [0.2, 0.25) is 0 Å². The molecule has 5 nitrogen and oxygen atoms in total. The van der Waals surface area contributed by atoms with Crippen LogP contribution in [0.5, 0.6) is 0 Å². The van der Waals surface area contributed by atoms with Gasteiger partial charge in [-0.3, -0.25) is 14.2 Å². The topological polar surface area (TPSA) is 64.0 Å². The number of carbonyl (C=O) groups excluding carboxylic acids is 1. The molecular formula is C23H17Cl2N3O2. The summed E-state index contributed by atoms with van der Waals surface area (Å²) in [6.45, 7) is 2.07. The van der Waals surface area contributed by atoms with Gasteiger partial charge in [0.15, 0.2) is 0 Å². The molecule has 0 aliphatic heterocycles. The Morgan fingerprint density at radius 1 is 1.07 bits per heavy atom. The number of benzene rings is 2. The van der Waals surface area contributed by atoms with E-state index in [1.54, 1.807) is 55.6 Å². The van der Waals surface area contributed by atoms with Crippen LogP contribution in [0.2, 0.25) is 10.0 Å². The van der Waals surface area contributed by atoms with Crippen LogP contribution >= 0.6 is 23.2 Å². The Labute approximate surface area is 182 Å². The van der Waals surface area contributed by atoms with Gasteiger partial charge in [-0.05, 0) is 60.5 Å². The van der Waals surface area contributed by atoms with E-state index in [4.69, 9.17) is 23.2 Å². The summed E-state index contributed by atoms with van der Waals surface area (Å²) in [5.41, 5.74) is 2.28. The number of nitrogens with zero attached hydrogens (tertiary/aromatic N) is 2. The summed E-state index contributed by atoms with van der Waals surface area (Å²) in [4.78, 5) is 30.6. The third kappa shape index (κ3) is 3.95. The first-order chi connectivity index (χ1) is 14.4. The van der Waals surface area contributed by atoms with Gasteiger partial charge in [-0.1, -0.05) is 41.4 Å². The minimum absolute atomic E-state index is 0.0313. The van der Waals surface area contributed by atoms with E-state index in [9.17, 15) is 9.59 Å². The van der Waals surface area contributed by atoms with Crippen molar-refractivity contribution in [1.29, 1.82) is 0 Å². The second-order valence-electron chi connectivity index (χ2n) is 6.86. The fourth-order valence-corrected chi connectivity index (χ4v) is 3.52. The molecule has 4 aromatic rings. The van der Waals surface area contributed by atoms with E-state index >= 15 is 0 Å². The van der Waals surface area contributed by atoms with Gasteiger partial charge in [0.25, 0.3) is 11.5 Å². The summed E-state index contributed by atoms with van der Waals surface area (Å²) >= 11 is 12.1. The standard InChI is InChI=1S/C23H17Cl2N3O2/c1-14-19(25)5-2-6-20(14)27-22(29)18-12-16-4-3-11-26-21(16)28(23(18)30)13-15-7-9-17(24)10-8-15/h2-12H,13H2,1H3,(H,27,29). The lowest BCUT2D eigenvalue weighted by molar-refractivity contribution is 0.102. The SMILES string of the molecule is Cc1c(Cl)cccc1NC(=O)c1cc2cccnc2n(Cc2ccc(Cl)cc2)c1=O. The highest BCUT2D eigenvalue weighted by atomic mass is 35.5. The molecule has 30 heavy (non-hydrogen) atoms. The van der Waals surface area contributed by atoms with E-state index in [-0.39, 0.29) is 12.1 Å². The molecular weight excluding hydrogens is 421 g/mol. The fourth-order valence-electron chi connectivity index (χ4n) is 3.22. The molecule has 4 rings (SSSR count). The second-order valence-corrected chi connectivity index (χ2v) is 7.70. The van der Waals surface area contributed by atoms with Crippen LogP contribution in [0.15, 0.2) is 71.7 Å². The van der Waals surface area contributed by atoms with E-state index < -0.39 is 11.5 Å². The molecule has 0 aliphatic rings. The summed E-state index contributed by atoms with van der Waals surface area (Å²) in [6.07, 6.45) is 1.62. The molecule has 0 saturated heterocycles. The number of rotatable bonds is 4. The summed E-state index contributed by atoms with van der Waals surface area (Å²) in [6, 6.07) is 17.6. The summed E-state index contributed by atoms with van der Waals surface area (Å²) in [5, 5.41) is 4.64. The zero-order chi connectivity index (χ0) is 21.3. The number of aromatic nitrogens is 2. The maximum Gasteiger partial charge on any atom is 0.265 e. The molecule has 2 aromatic carbocycles. The van der Waals surface area contributed by atoms with Crippen LogP contribution in [0.25, 0.3) is 11.0 Å². The summed E-state index contributed by atoms with van der Waals surface area (Å²) in [7, 11) is 0. The van der Waals surface area contributed by atoms with Crippen molar-refractivity contribution in [3.8, 4) is 0 Å². The van der Waals surface area contributed by atoms with Gasteiger partial charge in [-0.2, -0.15) is 0 Å². The van der Waals surface area contributed by atoms with Crippen LogP contribution in [0.3, 0.4) is 0 Å². The average Bonchev–Trinajstić information content (AvgIpc) is 2.74. The lowest BCUT2D eigenvalue weighted by atomic mass is 10.1. The molecule has 0 spiro atoms. The minimum atomic E-state index is -0.499. The number of carbonyl (C=O) groups is 1. The zero-order valence-electron chi connectivity index (χ0n) is 16.0. The van der Waals surface area contributed by atoms with Crippen LogP contribution in [-0.4, -0.2) is 15.5 Å². The highest BCUT2D eigenvalue weighted by Gasteiger charge is 2.18. The highest BCUT2D eigenvalue weighted by molar-refractivity contribution is 6.32. The lowest BCUT2D eigenvalue weighted by Crippen LogP contribution is -2.30. The van der Waals surface area contributed by atoms with Crippen molar-refractivity contribution in [2.75, 3.05) is 5.32 Å². The Bertz CT molecular complexity index is 1310. The van der Waals surface area contributed by atoms with Crippen molar-refractivity contribution in [3.63, 3.8) is 0 Å². The minimum Gasteiger partial charge on any atom is -0.322 e. The number of fused-ring (bicyclic) bond motifs is 1. The van der Waals surface area contributed by atoms with Crippen molar-refractivity contribution in [2.45, 2.75) is 13.5 Å². The molecule has 0 saturated carbocycles. The van der Waals surface area contributed by atoms with Crippen molar-refractivity contribution >= 4 is 45.8 Å². The van der Waals surface area contributed by atoms with E-state index in [2.05, 4.69) is 10.3 Å². The Morgan fingerprint density at radius 2 is 1.83 bits per heavy atom. The van der Waals surface area contributed by atoms with Crippen LogP contribution in [-0.2, 0) is 6.54 Å². The van der Waals surface area contributed by atoms with Crippen LogP contribution < -0.4 is 10.9 Å². The molecule has 150 valence electrons. The second kappa shape index (κ2) is 8.30. The van der Waals surface area contributed by atoms with E-state index in [1.807, 2.05) is 18.2 Å². The summed E-state index contributed by atoms with van der Waals surface area (Å²) in [5.74, 6) is -0.499. The first-order valence-electron chi connectivity index (χ1n) is 9.23.